The van der Waals surface area contributed by atoms with Crippen molar-refractivity contribution in [2.24, 2.45) is 0 Å². The first-order valence-electron chi connectivity index (χ1n) is 13.2. The van der Waals surface area contributed by atoms with E-state index in [0.717, 1.165) is 0 Å². The maximum Gasteiger partial charge on any atom is 0.268 e. The van der Waals surface area contributed by atoms with Gasteiger partial charge in [0.05, 0.1) is 16.8 Å². The summed E-state index contributed by atoms with van der Waals surface area (Å²) in [6.45, 7) is 0. The molecule has 0 bridgehead atoms. The van der Waals surface area contributed by atoms with Crippen LogP contribution >= 0.6 is 7.14 Å². The second-order valence-electron chi connectivity index (χ2n) is 9.76. The quantitative estimate of drug-likeness (QED) is 0.240. The molecule has 41 heavy (non-hydrogen) atoms. The van der Waals surface area contributed by atoms with Crippen molar-refractivity contribution in [1.29, 1.82) is 0 Å². The van der Waals surface area contributed by atoms with Crippen molar-refractivity contribution in [1.82, 2.24) is 10.6 Å². The molecule has 4 aromatic rings. The van der Waals surface area contributed by atoms with Crippen LogP contribution in [0.5, 0.6) is 0 Å². The van der Waals surface area contributed by atoms with Gasteiger partial charge in [0.25, 0.3) is 11.8 Å². The Bertz CT molecular complexity index is 1680. The molecule has 0 saturated carbocycles. The van der Waals surface area contributed by atoms with Gasteiger partial charge in [-0.15, -0.1) is 0 Å². The largest absolute Gasteiger partial charge is 0.347 e. The summed E-state index contributed by atoms with van der Waals surface area (Å²) in [7, 11) is -7.09. The molecule has 2 N–H and O–H groups in total. The third kappa shape index (κ3) is 6.24. The van der Waals surface area contributed by atoms with E-state index in [-0.39, 0.29) is 28.9 Å². The van der Waals surface area contributed by atoms with E-state index in [2.05, 4.69) is 10.6 Å². The topological polar surface area (TPSA) is 109 Å². The van der Waals surface area contributed by atoms with Crippen LogP contribution in [0, 0.1) is 0 Å². The number of rotatable bonds is 8. The van der Waals surface area contributed by atoms with Crippen LogP contribution in [0.2, 0.25) is 0 Å². The van der Waals surface area contributed by atoms with E-state index in [1.165, 1.54) is 0 Å². The lowest BCUT2D eigenvalue weighted by atomic mass is 10.1. The molecule has 1 heterocycles. The van der Waals surface area contributed by atoms with Crippen molar-refractivity contribution in [3.8, 4) is 0 Å². The molecule has 2 amide bonds. The third-order valence-electron chi connectivity index (χ3n) is 6.91. The molecule has 5 rings (SSSR count). The van der Waals surface area contributed by atoms with Crippen LogP contribution in [-0.4, -0.2) is 37.8 Å². The second-order valence-corrected chi connectivity index (χ2v) is 14.7. The molecular weight excluding hydrogens is 555 g/mol. The first-order chi connectivity index (χ1) is 19.8. The van der Waals surface area contributed by atoms with Crippen LogP contribution in [0.3, 0.4) is 0 Å². The molecule has 1 atom stereocenters. The molecule has 0 aliphatic carbocycles. The molecule has 1 fully saturated rings. The Morgan fingerprint density at radius 3 is 1.61 bits per heavy atom. The molecule has 1 aliphatic rings. The minimum absolute atomic E-state index is 0.0363. The van der Waals surface area contributed by atoms with Gasteiger partial charge < -0.3 is 15.2 Å². The summed E-state index contributed by atoms with van der Waals surface area (Å²) in [5.74, 6) is -1.50. The fourth-order valence-electron chi connectivity index (χ4n) is 4.93. The van der Waals surface area contributed by atoms with Crippen LogP contribution in [0.25, 0.3) is 5.31 Å². The second kappa shape index (κ2) is 12.1. The van der Waals surface area contributed by atoms with Gasteiger partial charge in [0.15, 0.2) is 17.0 Å². The molecule has 1 aliphatic heterocycles. The number of hydrogen-bond donors (Lipinski definition) is 2. The molecule has 9 heteroatoms. The van der Waals surface area contributed by atoms with Gasteiger partial charge in [-0.2, -0.15) is 0 Å². The first-order valence-corrected chi connectivity index (χ1v) is 16.7. The van der Waals surface area contributed by atoms with Crippen LogP contribution in [0.4, 0.5) is 0 Å². The Morgan fingerprint density at radius 2 is 1.15 bits per heavy atom. The molecule has 1 unspecified atom stereocenters. The predicted molar refractivity (Wildman–Crippen MR) is 162 cm³/mol. The van der Waals surface area contributed by atoms with Crippen molar-refractivity contribution >= 4 is 44.7 Å². The van der Waals surface area contributed by atoms with E-state index in [0.29, 0.717) is 21.7 Å². The molecule has 0 radical (unpaired) electrons. The minimum atomic E-state index is -3.80. The van der Waals surface area contributed by atoms with E-state index < -0.39 is 34.8 Å². The Hall–Kier alpha value is -4.26. The van der Waals surface area contributed by atoms with Gasteiger partial charge in [-0.05, 0) is 24.1 Å². The average Bonchev–Trinajstić information content (AvgIpc) is 3.35. The van der Waals surface area contributed by atoms with Crippen molar-refractivity contribution in [2.75, 3.05) is 11.5 Å². The molecular formula is C32H29N2O5PS. The highest BCUT2D eigenvalue weighted by atomic mass is 32.2. The third-order valence-corrected chi connectivity index (χ3v) is 11.8. The minimum Gasteiger partial charge on any atom is -0.347 e. The van der Waals surface area contributed by atoms with Crippen molar-refractivity contribution < 1.29 is 22.6 Å². The number of nitrogens with one attached hydrogen (secondary N) is 2. The van der Waals surface area contributed by atoms with Crippen LogP contribution in [0.1, 0.15) is 22.3 Å². The number of carbonyl (C=O) groups is 2. The Labute approximate surface area is 239 Å². The molecule has 4 aromatic carbocycles. The van der Waals surface area contributed by atoms with Crippen molar-refractivity contribution in [3.63, 3.8) is 0 Å². The zero-order valence-electron chi connectivity index (χ0n) is 22.1. The summed E-state index contributed by atoms with van der Waals surface area (Å²) in [6.07, 6.45) is 0.254. The maximum atomic E-state index is 15.6. The fraction of sp³-hybridized carbons (Fsp3) is 0.125. The number of hydrogen-bond acceptors (Lipinski definition) is 5. The standard InChI is InChI=1S/C32H29N2O5PS/c35-31(25-15-7-2-8-16-25)34-29(32(36)33-26-21-22-41(38,39)23-26)30(24-13-5-1-6-14-24)40(37,27-17-9-3-10-18-27)28-19-11-4-12-20-28/h1-20,26H,21-23H2,(H,33,36)(H,34,35). The highest BCUT2D eigenvalue weighted by Crippen LogP contribution is 2.57. The van der Waals surface area contributed by atoms with E-state index in [4.69, 9.17) is 0 Å². The SMILES string of the molecule is O=C(NC1CCS(=O)(=O)C1)C(NC(=O)c1ccccc1)=C(c1ccccc1)P(=O)(c1ccccc1)c1ccccc1. The van der Waals surface area contributed by atoms with E-state index in [1.807, 2.05) is 18.2 Å². The number of amides is 2. The summed E-state index contributed by atoms with van der Waals surface area (Å²) in [6, 6.07) is 34.3. The van der Waals surface area contributed by atoms with Crippen LogP contribution in [0.15, 0.2) is 127 Å². The zero-order valence-corrected chi connectivity index (χ0v) is 23.9. The number of sulfone groups is 1. The lowest BCUT2D eigenvalue weighted by molar-refractivity contribution is -0.118. The highest BCUT2D eigenvalue weighted by molar-refractivity contribution is 7.91. The van der Waals surface area contributed by atoms with Gasteiger partial charge in [0, 0.05) is 22.2 Å². The van der Waals surface area contributed by atoms with Gasteiger partial charge in [-0.3, -0.25) is 9.59 Å². The predicted octanol–water partition coefficient (Wildman–Crippen LogP) is 4.10. The van der Waals surface area contributed by atoms with Gasteiger partial charge in [-0.25, -0.2) is 8.42 Å². The average molecular weight is 585 g/mol. The summed E-state index contributed by atoms with van der Waals surface area (Å²) in [5, 5.41) is 6.69. The zero-order chi connectivity index (χ0) is 28.9. The van der Waals surface area contributed by atoms with Crippen molar-refractivity contribution in [3.05, 3.63) is 138 Å². The van der Waals surface area contributed by atoms with Gasteiger partial charge >= 0.3 is 0 Å². The first kappa shape index (κ1) is 28.3. The molecule has 1 saturated heterocycles. The number of carbonyl (C=O) groups excluding carboxylic acids is 2. The summed E-state index contributed by atoms with van der Waals surface area (Å²) >= 11 is 0. The van der Waals surface area contributed by atoms with Gasteiger partial charge in [-0.1, -0.05) is 109 Å². The molecule has 7 nitrogen and oxygen atoms in total. The lowest BCUT2D eigenvalue weighted by Gasteiger charge is -2.26. The van der Waals surface area contributed by atoms with Crippen LogP contribution in [-0.2, 0) is 19.2 Å². The summed E-state index contributed by atoms with van der Waals surface area (Å²) < 4.78 is 40.0. The normalized spacial score (nSPS) is 16.8. The summed E-state index contributed by atoms with van der Waals surface area (Å²) in [4.78, 5) is 27.6. The molecule has 0 spiro atoms. The maximum absolute atomic E-state index is 15.6. The monoisotopic (exact) mass is 584 g/mol. The molecule has 208 valence electrons. The summed E-state index contributed by atoms with van der Waals surface area (Å²) in [5.41, 5.74) is 0.606. The van der Waals surface area contributed by atoms with Gasteiger partial charge in [0.1, 0.15) is 5.70 Å². The fourth-order valence-corrected chi connectivity index (χ4v) is 9.58. The van der Waals surface area contributed by atoms with E-state index in [1.54, 1.807) is 103 Å². The van der Waals surface area contributed by atoms with Crippen molar-refractivity contribution in [2.45, 2.75) is 12.5 Å². The van der Waals surface area contributed by atoms with E-state index in [9.17, 15) is 18.0 Å². The Balaban J connectivity index is 1.78. The molecule has 0 aromatic heterocycles. The Morgan fingerprint density at radius 1 is 0.683 bits per heavy atom. The number of benzene rings is 4. The van der Waals surface area contributed by atoms with E-state index >= 15 is 4.57 Å². The lowest BCUT2D eigenvalue weighted by Crippen LogP contribution is -2.42. The highest BCUT2D eigenvalue weighted by Gasteiger charge is 2.39. The Kier molecular flexibility index (Phi) is 8.34. The van der Waals surface area contributed by atoms with Gasteiger partial charge in [0.2, 0.25) is 0 Å². The smallest absolute Gasteiger partial charge is 0.268 e. The van der Waals surface area contributed by atoms with Crippen LogP contribution < -0.4 is 21.2 Å².